The first-order chi connectivity index (χ1) is 10.1. The summed E-state index contributed by atoms with van der Waals surface area (Å²) in [7, 11) is 0. The average molecular weight is 344 g/mol. The molecule has 1 aromatic carbocycles. The van der Waals surface area contributed by atoms with Crippen LogP contribution in [0.2, 0.25) is 10.0 Å². The van der Waals surface area contributed by atoms with Crippen LogP contribution in [0.4, 0.5) is 0 Å². The molecule has 2 rings (SSSR count). The number of thioether (sulfide) groups is 1. The lowest BCUT2D eigenvalue weighted by Crippen LogP contribution is -2.02. The summed E-state index contributed by atoms with van der Waals surface area (Å²) in [5, 5.41) is 9.79. The van der Waals surface area contributed by atoms with Crippen molar-refractivity contribution in [2.75, 3.05) is 12.4 Å². The summed E-state index contributed by atoms with van der Waals surface area (Å²) < 4.78 is 5.55. The van der Waals surface area contributed by atoms with Crippen molar-refractivity contribution in [1.82, 2.24) is 4.98 Å². The fourth-order valence-corrected chi connectivity index (χ4v) is 2.80. The molecular weight excluding hydrogens is 333 g/mol. The SMILES string of the molecule is O=C(O)c1cc(SCCOc2c(Cl)cccc2Cl)ccn1. The van der Waals surface area contributed by atoms with Gasteiger partial charge in [0.2, 0.25) is 0 Å². The van der Waals surface area contributed by atoms with Crippen LogP contribution in [-0.2, 0) is 0 Å². The molecule has 0 aliphatic heterocycles. The van der Waals surface area contributed by atoms with Gasteiger partial charge in [0, 0.05) is 16.8 Å². The number of carbonyl (C=O) groups is 1. The number of benzene rings is 1. The minimum atomic E-state index is -1.04. The Hall–Kier alpha value is -1.43. The first-order valence-corrected chi connectivity index (χ1v) is 7.71. The van der Waals surface area contributed by atoms with E-state index in [1.807, 2.05) is 0 Å². The second-order valence-electron chi connectivity index (χ2n) is 3.93. The zero-order chi connectivity index (χ0) is 15.2. The van der Waals surface area contributed by atoms with E-state index < -0.39 is 5.97 Å². The molecule has 1 heterocycles. The summed E-state index contributed by atoms with van der Waals surface area (Å²) in [5.41, 5.74) is 0.0232. The normalized spacial score (nSPS) is 10.4. The van der Waals surface area contributed by atoms with E-state index in [0.29, 0.717) is 28.2 Å². The molecule has 0 aliphatic rings. The highest BCUT2D eigenvalue weighted by Crippen LogP contribution is 2.32. The Morgan fingerprint density at radius 1 is 1.29 bits per heavy atom. The van der Waals surface area contributed by atoms with Gasteiger partial charge in [0.25, 0.3) is 0 Å². The third-order valence-corrected chi connectivity index (χ3v) is 4.02. The number of aromatic carboxylic acids is 1. The second-order valence-corrected chi connectivity index (χ2v) is 5.91. The highest BCUT2D eigenvalue weighted by atomic mass is 35.5. The van der Waals surface area contributed by atoms with Crippen LogP contribution in [0.1, 0.15) is 10.5 Å². The zero-order valence-corrected chi connectivity index (χ0v) is 13.1. The molecule has 1 N–H and O–H groups in total. The molecule has 0 saturated heterocycles. The molecule has 0 radical (unpaired) electrons. The number of aromatic nitrogens is 1. The molecule has 0 aliphatic carbocycles. The molecule has 7 heteroatoms. The van der Waals surface area contributed by atoms with Crippen LogP contribution >= 0.6 is 35.0 Å². The smallest absolute Gasteiger partial charge is 0.354 e. The number of pyridine rings is 1. The monoisotopic (exact) mass is 343 g/mol. The number of para-hydroxylation sites is 1. The number of halogens is 2. The molecule has 110 valence electrons. The Labute approximate surface area is 136 Å². The van der Waals surface area contributed by atoms with E-state index in [9.17, 15) is 4.79 Å². The number of hydrogen-bond acceptors (Lipinski definition) is 4. The van der Waals surface area contributed by atoms with Crippen LogP contribution in [0.5, 0.6) is 5.75 Å². The van der Waals surface area contributed by atoms with Gasteiger partial charge in [-0.3, -0.25) is 0 Å². The lowest BCUT2D eigenvalue weighted by Gasteiger charge is -2.09. The summed E-state index contributed by atoms with van der Waals surface area (Å²) >= 11 is 13.5. The number of ether oxygens (including phenoxy) is 1. The van der Waals surface area contributed by atoms with Crippen molar-refractivity contribution in [3.05, 3.63) is 52.3 Å². The van der Waals surface area contributed by atoms with Gasteiger partial charge in [-0.05, 0) is 24.3 Å². The predicted molar refractivity (Wildman–Crippen MR) is 83.9 cm³/mol. The zero-order valence-electron chi connectivity index (χ0n) is 10.8. The van der Waals surface area contributed by atoms with Crippen LogP contribution in [0.15, 0.2) is 41.4 Å². The van der Waals surface area contributed by atoms with Crippen molar-refractivity contribution >= 4 is 40.9 Å². The number of rotatable bonds is 6. The van der Waals surface area contributed by atoms with Gasteiger partial charge < -0.3 is 9.84 Å². The number of carboxylic acids is 1. The summed E-state index contributed by atoms with van der Waals surface area (Å²) in [6.07, 6.45) is 1.47. The Balaban J connectivity index is 1.88. The number of nitrogens with zero attached hydrogens (tertiary/aromatic N) is 1. The lowest BCUT2D eigenvalue weighted by atomic mass is 10.3. The van der Waals surface area contributed by atoms with E-state index in [0.717, 1.165) is 4.90 Å². The van der Waals surface area contributed by atoms with Crippen LogP contribution in [-0.4, -0.2) is 28.4 Å². The van der Waals surface area contributed by atoms with Gasteiger partial charge in [0.05, 0.1) is 16.7 Å². The first kappa shape index (κ1) is 15.9. The largest absolute Gasteiger partial charge is 0.490 e. The summed E-state index contributed by atoms with van der Waals surface area (Å²) in [6.45, 7) is 0.402. The Morgan fingerprint density at radius 2 is 2.00 bits per heavy atom. The van der Waals surface area contributed by atoms with Crippen LogP contribution in [0.3, 0.4) is 0 Å². The minimum absolute atomic E-state index is 0.0232. The van der Waals surface area contributed by atoms with E-state index in [-0.39, 0.29) is 5.69 Å². The quantitative estimate of drug-likeness (QED) is 0.627. The molecule has 0 saturated carbocycles. The molecule has 0 atom stereocenters. The molecule has 0 spiro atoms. The third kappa shape index (κ3) is 4.52. The Morgan fingerprint density at radius 3 is 2.67 bits per heavy atom. The fraction of sp³-hybridized carbons (Fsp3) is 0.143. The molecule has 0 fully saturated rings. The molecule has 2 aromatic rings. The standard InChI is InChI=1S/C14H11Cl2NO3S/c15-10-2-1-3-11(16)13(10)20-6-7-21-9-4-5-17-12(8-9)14(18)19/h1-5,8H,6-7H2,(H,18,19). The topological polar surface area (TPSA) is 59.4 Å². The van der Waals surface area contributed by atoms with E-state index >= 15 is 0 Å². The molecule has 1 aromatic heterocycles. The van der Waals surface area contributed by atoms with Crippen molar-refractivity contribution in [2.24, 2.45) is 0 Å². The van der Waals surface area contributed by atoms with Gasteiger partial charge in [0.1, 0.15) is 5.69 Å². The predicted octanol–water partition coefficient (Wildman–Crippen LogP) is 4.26. The minimum Gasteiger partial charge on any atom is -0.490 e. The second kappa shape index (κ2) is 7.54. The summed E-state index contributed by atoms with van der Waals surface area (Å²) in [4.78, 5) is 15.4. The van der Waals surface area contributed by atoms with Gasteiger partial charge >= 0.3 is 5.97 Å². The Kier molecular flexibility index (Phi) is 5.73. The lowest BCUT2D eigenvalue weighted by molar-refractivity contribution is 0.0690. The van der Waals surface area contributed by atoms with Crippen molar-refractivity contribution in [3.8, 4) is 5.75 Å². The van der Waals surface area contributed by atoms with Crippen molar-refractivity contribution in [3.63, 3.8) is 0 Å². The molecule has 21 heavy (non-hydrogen) atoms. The van der Waals surface area contributed by atoms with Crippen molar-refractivity contribution in [2.45, 2.75) is 4.90 Å². The van der Waals surface area contributed by atoms with Crippen LogP contribution in [0.25, 0.3) is 0 Å². The number of hydrogen-bond donors (Lipinski definition) is 1. The Bertz CT molecular complexity index is 632. The molecule has 4 nitrogen and oxygen atoms in total. The number of carboxylic acid groups (broad SMARTS) is 1. The van der Waals surface area contributed by atoms with Gasteiger partial charge in [-0.15, -0.1) is 11.8 Å². The van der Waals surface area contributed by atoms with E-state index in [1.54, 1.807) is 24.3 Å². The molecule has 0 amide bonds. The van der Waals surface area contributed by atoms with E-state index in [2.05, 4.69) is 4.98 Å². The van der Waals surface area contributed by atoms with E-state index in [4.69, 9.17) is 33.0 Å². The summed E-state index contributed by atoms with van der Waals surface area (Å²) in [6, 6.07) is 8.43. The van der Waals surface area contributed by atoms with Crippen molar-refractivity contribution in [1.29, 1.82) is 0 Å². The highest BCUT2D eigenvalue weighted by molar-refractivity contribution is 7.99. The maximum atomic E-state index is 10.8. The van der Waals surface area contributed by atoms with Crippen molar-refractivity contribution < 1.29 is 14.6 Å². The van der Waals surface area contributed by atoms with Gasteiger partial charge in [-0.2, -0.15) is 0 Å². The fourth-order valence-electron chi connectivity index (χ4n) is 1.54. The molecule has 0 unspecified atom stereocenters. The summed E-state index contributed by atoms with van der Waals surface area (Å²) in [5.74, 6) is 0.0453. The van der Waals surface area contributed by atoms with Gasteiger partial charge in [-0.1, -0.05) is 29.3 Å². The molecular formula is C14H11Cl2NO3S. The maximum Gasteiger partial charge on any atom is 0.354 e. The van der Waals surface area contributed by atoms with Gasteiger partial charge in [-0.25, -0.2) is 9.78 Å². The van der Waals surface area contributed by atoms with E-state index in [1.165, 1.54) is 24.0 Å². The highest BCUT2D eigenvalue weighted by Gasteiger charge is 2.07. The molecule has 0 bridgehead atoms. The first-order valence-electron chi connectivity index (χ1n) is 5.97. The third-order valence-electron chi connectivity index (χ3n) is 2.47. The van der Waals surface area contributed by atoms with Crippen LogP contribution < -0.4 is 4.74 Å². The van der Waals surface area contributed by atoms with Crippen LogP contribution in [0, 0.1) is 0 Å². The average Bonchev–Trinajstić information content (AvgIpc) is 2.46. The van der Waals surface area contributed by atoms with Gasteiger partial charge in [0.15, 0.2) is 5.75 Å². The maximum absolute atomic E-state index is 10.8.